The molecule has 106 valence electrons. The number of sulfonamides is 1. The van der Waals surface area contributed by atoms with E-state index in [1.165, 1.54) is 12.1 Å². The van der Waals surface area contributed by atoms with Gasteiger partial charge in [0.05, 0.1) is 4.90 Å². The van der Waals surface area contributed by atoms with Crippen molar-refractivity contribution in [3.63, 3.8) is 0 Å². The van der Waals surface area contributed by atoms with Crippen LogP contribution in [0.15, 0.2) is 29.2 Å². The van der Waals surface area contributed by atoms with E-state index in [0.29, 0.717) is 0 Å². The maximum Gasteiger partial charge on any atom is 0.263 e. The molecule has 0 spiro atoms. The Labute approximate surface area is 127 Å². The van der Waals surface area contributed by atoms with Crippen LogP contribution in [0.4, 0.5) is 5.82 Å². The van der Waals surface area contributed by atoms with Gasteiger partial charge in [-0.2, -0.15) is 4.98 Å². The van der Waals surface area contributed by atoms with Crippen molar-refractivity contribution in [3.05, 3.63) is 45.8 Å². The zero-order chi connectivity index (χ0) is 14.9. The van der Waals surface area contributed by atoms with Crippen LogP contribution >= 0.6 is 23.2 Å². The normalized spacial score (nSPS) is 11.4. The summed E-state index contributed by atoms with van der Waals surface area (Å²) >= 11 is 11.3. The highest BCUT2D eigenvalue weighted by molar-refractivity contribution is 7.92. The Kier molecular flexibility index (Phi) is 4.17. The van der Waals surface area contributed by atoms with E-state index in [1.54, 1.807) is 12.1 Å². The summed E-state index contributed by atoms with van der Waals surface area (Å²) < 4.78 is 26.8. The SMILES string of the molecule is Cc1ccc(S(=O)(=O)Nc2cc(Cl)nc(Cl)n2)cc1C. The lowest BCUT2D eigenvalue weighted by Crippen LogP contribution is -2.14. The van der Waals surface area contributed by atoms with Crippen LogP contribution in [-0.4, -0.2) is 18.4 Å². The van der Waals surface area contributed by atoms with Gasteiger partial charge in [-0.1, -0.05) is 17.7 Å². The summed E-state index contributed by atoms with van der Waals surface area (Å²) in [4.78, 5) is 7.56. The van der Waals surface area contributed by atoms with Crippen LogP contribution in [0.5, 0.6) is 0 Å². The number of hydrogen-bond donors (Lipinski definition) is 1. The second kappa shape index (κ2) is 5.55. The lowest BCUT2D eigenvalue weighted by molar-refractivity contribution is 0.601. The highest BCUT2D eigenvalue weighted by atomic mass is 35.5. The van der Waals surface area contributed by atoms with E-state index in [9.17, 15) is 8.42 Å². The summed E-state index contributed by atoms with van der Waals surface area (Å²) in [5.74, 6) is 0.0215. The Balaban J connectivity index is 2.37. The van der Waals surface area contributed by atoms with Crippen molar-refractivity contribution in [2.45, 2.75) is 18.7 Å². The number of aromatic nitrogens is 2. The first-order valence-corrected chi connectivity index (χ1v) is 7.82. The van der Waals surface area contributed by atoms with Gasteiger partial charge in [0.2, 0.25) is 5.28 Å². The van der Waals surface area contributed by atoms with Gasteiger partial charge in [-0.05, 0) is 48.7 Å². The van der Waals surface area contributed by atoms with Crippen molar-refractivity contribution in [1.82, 2.24) is 9.97 Å². The minimum absolute atomic E-state index is 0.0215. The molecule has 2 aromatic rings. The van der Waals surface area contributed by atoms with Crippen LogP contribution in [0.1, 0.15) is 11.1 Å². The van der Waals surface area contributed by atoms with Gasteiger partial charge in [0.1, 0.15) is 11.0 Å². The average molecular weight is 332 g/mol. The summed E-state index contributed by atoms with van der Waals surface area (Å²) in [7, 11) is -3.74. The molecule has 0 aliphatic heterocycles. The molecule has 0 amide bonds. The molecule has 5 nitrogen and oxygen atoms in total. The topological polar surface area (TPSA) is 72.0 Å². The van der Waals surface area contributed by atoms with Gasteiger partial charge in [-0.15, -0.1) is 0 Å². The largest absolute Gasteiger partial charge is 0.263 e. The smallest absolute Gasteiger partial charge is 0.263 e. The van der Waals surface area contributed by atoms with Gasteiger partial charge in [0, 0.05) is 6.07 Å². The fraction of sp³-hybridized carbons (Fsp3) is 0.167. The molecule has 2 rings (SSSR count). The molecule has 1 heterocycles. The highest BCUT2D eigenvalue weighted by Crippen LogP contribution is 2.20. The van der Waals surface area contributed by atoms with Gasteiger partial charge in [-0.25, -0.2) is 13.4 Å². The van der Waals surface area contributed by atoms with Crippen LogP contribution in [0.25, 0.3) is 0 Å². The summed E-state index contributed by atoms with van der Waals surface area (Å²) in [6.45, 7) is 3.75. The monoisotopic (exact) mass is 331 g/mol. The van der Waals surface area contributed by atoms with Crippen molar-refractivity contribution in [2.75, 3.05) is 4.72 Å². The molecule has 1 aromatic heterocycles. The van der Waals surface area contributed by atoms with Gasteiger partial charge in [-0.3, -0.25) is 4.72 Å². The molecule has 0 atom stereocenters. The maximum absolute atomic E-state index is 12.2. The number of benzene rings is 1. The third-order valence-corrected chi connectivity index (χ3v) is 4.41. The molecular formula is C12H11Cl2N3O2S. The van der Waals surface area contributed by atoms with Crippen LogP contribution in [0.3, 0.4) is 0 Å². The first-order valence-electron chi connectivity index (χ1n) is 5.58. The van der Waals surface area contributed by atoms with Crippen molar-refractivity contribution in [1.29, 1.82) is 0 Å². The van der Waals surface area contributed by atoms with Gasteiger partial charge in [0.15, 0.2) is 0 Å². The summed E-state index contributed by atoms with van der Waals surface area (Å²) in [5, 5.41) is -0.0712. The summed E-state index contributed by atoms with van der Waals surface area (Å²) in [6, 6.07) is 6.13. The Morgan fingerprint density at radius 1 is 1.05 bits per heavy atom. The fourth-order valence-electron chi connectivity index (χ4n) is 1.52. The fourth-order valence-corrected chi connectivity index (χ4v) is 3.01. The Bertz CT molecular complexity index is 743. The molecule has 8 heteroatoms. The Morgan fingerprint density at radius 3 is 2.35 bits per heavy atom. The summed E-state index contributed by atoms with van der Waals surface area (Å²) in [5.41, 5.74) is 1.89. The van der Waals surface area contributed by atoms with Gasteiger partial charge in [0.25, 0.3) is 10.0 Å². The molecule has 0 aliphatic rings. The van der Waals surface area contributed by atoms with Crippen molar-refractivity contribution < 1.29 is 8.42 Å². The third kappa shape index (κ3) is 3.39. The molecule has 0 aliphatic carbocycles. The lowest BCUT2D eigenvalue weighted by atomic mass is 10.1. The van der Waals surface area contributed by atoms with Crippen molar-refractivity contribution in [3.8, 4) is 0 Å². The number of anilines is 1. The molecule has 20 heavy (non-hydrogen) atoms. The van der Waals surface area contributed by atoms with E-state index >= 15 is 0 Å². The maximum atomic E-state index is 12.2. The highest BCUT2D eigenvalue weighted by Gasteiger charge is 2.16. The zero-order valence-electron chi connectivity index (χ0n) is 10.7. The standard InChI is InChI=1S/C12H11Cl2N3O2S/c1-7-3-4-9(5-8(7)2)20(18,19)17-11-6-10(13)15-12(14)16-11/h3-6H,1-2H3,(H,15,16,17). The first-order chi connectivity index (χ1) is 9.28. The minimum Gasteiger partial charge on any atom is -0.263 e. The molecule has 0 fully saturated rings. The predicted molar refractivity (Wildman–Crippen MR) is 78.8 cm³/mol. The minimum atomic E-state index is -3.74. The predicted octanol–water partition coefficient (Wildman–Crippen LogP) is 3.20. The molecule has 1 N–H and O–H groups in total. The summed E-state index contributed by atoms with van der Waals surface area (Å²) in [6.07, 6.45) is 0. The van der Waals surface area contributed by atoms with Crippen molar-refractivity contribution in [2.24, 2.45) is 0 Å². The molecule has 0 bridgehead atoms. The number of hydrogen-bond acceptors (Lipinski definition) is 4. The number of halogens is 2. The van der Waals surface area contributed by atoms with E-state index in [1.807, 2.05) is 13.8 Å². The number of aryl methyl sites for hydroxylation is 2. The van der Waals surface area contributed by atoms with E-state index in [-0.39, 0.29) is 21.2 Å². The second-order valence-corrected chi connectivity index (χ2v) is 6.60. The Hall–Kier alpha value is -1.37. The average Bonchev–Trinajstić information content (AvgIpc) is 2.30. The first kappa shape index (κ1) is 15.0. The number of rotatable bonds is 3. The number of nitrogens with one attached hydrogen (secondary N) is 1. The Morgan fingerprint density at radius 2 is 1.75 bits per heavy atom. The van der Waals surface area contributed by atoms with Crippen molar-refractivity contribution >= 4 is 39.0 Å². The zero-order valence-corrected chi connectivity index (χ0v) is 13.0. The van der Waals surface area contributed by atoms with E-state index < -0.39 is 10.0 Å². The van der Waals surface area contributed by atoms with Crippen LogP contribution in [-0.2, 0) is 10.0 Å². The molecule has 0 saturated heterocycles. The van der Waals surface area contributed by atoms with Gasteiger partial charge < -0.3 is 0 Å². The van der Waals surface area contributed by atoms with Gasteiger partial charge >= 0.3 is 0 Å². The van der Waals surface area contributed by atoms with Crippen LogP contribution in [0.2, 0.25) is 10.4 Å². The lowest BCUT2D eigenvalue weighted by Gasteiger charge is -2.09. The van der Waals surface area contributed by atoms with Crippen LogP contribution in [0, 0.1) is 13.8 Å². The molecule has 0 saturated carbocycles. The van der Waals surface area contributed by atoms with E-state index in [2.05, 4.69) is 14.7 Å². The van der Waals surface area contributed by atoms with E-state index in [4.69, 9.17) is 23.2 Å². The van der Waals surface area contributed by atoms with Crippen LogP contribution < -0.4 is 4.72 Å². The molecular weight excluding hydrogens is 321 g/mol. The quantitative estimate of drug-likeness (QED) is 0.692. The third-order valence-electron chi connectivity index (χ3n) is 2.70. The molecule has 0 unspecified atom stereocenters. The molecule has 1 aromatic carbocycles. The van der Waals surface area contributed by atoms with E-state index in [0.717, 1.165) is 11.1 Å². The molecule has 0 radical (unpaired) electrons. The number of nitrogens with zero attached hydrogens (tertiary/aromatic N) is 2. The second-order valence-electron chi connectivity index (χ2n) is 4.20.